The van der Waals surface area contributed by atoms with Gasteiger partial charge in [0.1, 0.15) is 12.4 Å². The van der Waals surface area contributed by atoms with E-state index in [-0.39, 0.29) is 18.3 Å². The number of aryl methyl sites for hydroxylation is 1. The van der Waals surface area contributed by atoms with Crippen molar-refractivity contribution in [3.05, 3.63) is 63.9 Å². The van der Waals surface area contributed by atoms with E-state index in [1.807, 2.05) is 38.2 Å². The van der Waals surface area contributed by atoms with E-state index in [1.54, 1.807) is 22.8 Å². The van der Waals surface area contributed by atoms with Gasteiger partial charge in [-0.15, -0.1) is 10.2 Å². The van der Waals surface area contributed by atoms with E-state index in [4.69, 9.17) is 27.9 Å². The monoisotopic (exact) mass is 436 g/mol. The lowest BCUT2D eigenvalue weighted by Crippen LogP contribution is -2.15. The van der Waals surface area contributed by atoms with Gasteiger partial charge in [0, 0.05) is 7.05 Å². The maximum Gasteiger partial charge on any atom is 0.234 e. The van der Waals surface area contributed by atoms with Gasteiger partial charge in [-0.1, -0.05) is 59.2 Å². The number of ether oxygens (including phenoxy) is 1. The second-order valence-corrected chi connectivity index (χ2v) is 7.70. The zero-order chi connectivity index (χ0) is 20.1. The summed E-state index contributed by atoms with van der Waals surface area (Å²) in [5.74, 6) is 1.38. The van der Waals surface area contributed by atoms with Gasteiger partial charge in [-0.05, 0) is 30.7 Å². The van der Waals surface area contributed by atoms with Crippen LogP contribution in [-0.2, 0) is 18.4 Å². The molecule has 0 saturated heterocycles. The largest absolute Gasteiger partial charge is 0.485 e. The summed E-state index contributed by atoms with van der Waals surface area (Å²) in [5, 5.41) is 12.4. The average molecular weight is 437 g/mol. The van der Waals surface area contributed by atoms with Crippen molar-refractivity contribution in [2.24, 2.45) is 7.05 Å². The van der Waals surface area contributed by atoms with Gasteiger partial charge in [-0.25, -0.2) is 0 Å². The zero-order valence-electron chi connectivity index (χ0n) is 15.3. The summed E-state index contributed by atoms with van der Waals surface area (Å²) in [6.45, 7) is 2.27. The number of para-hydroxylation sites is 2. The number of hydrogen-bond acceptors (Lipinski definition) is 5. The Labute approximate surface area is 177 Å². The van der Waals surface area contributed by atoms with Crippen LogP contribution in [0, 0.1) is 6.92 Å². The van der Waals surface area contributed by atoms with Gasteiger partial charge in [0.05, 0.1) is 21.5 Å². The van der Waals surface area contributed by atoms with Crippen LogP contribution in [0.5, 0.6) is 5.75 Å². The van der Waals surface area contributed by atoms with Gasteiger partial charge in [0.25, 0.3) is 0 Å². The minimum Gasteiger partial charge on any atom is -0.485 e. The molecule has 0 fully saturated rings. The van der Waals surface area contributed by atoms with E-state index in [2.05, 4.69) is 15.5 Å². The summed E-state index contributed by atoms with van der Waals surface area (Å²) in [7, 11) is 1.84. The number of carbonyl (C=O) groups excluding carboxylic acids is 1. The van der Waals surface area contributed by atoms with Gasteiger partial charge in [0.2, 0.25) is 5.91 Å². The van der Waals surface area contributed by atoms with Gasteiger partial charge in [-0.2, -0.15) is 0 Å². The topological polar surface area (TPSA) is 69.0 Å². The summed E-state index contributed by atoms with van der Waals surface area (Å²) in [6, 6.07) is 12.8. The summed E-state index contributed by atoms with van der Waals surface area (Å²) in [4.78, 5) is 12.2. The first-order valence-electron chi connectivity index (χ1n) is 8.39. The van der Waals surface area contributed by atoms with Gasteiger partial charge < -0.3 is 14.6 Å². The molecular formula is C19H18Cl2N4O2S. The second kappa shape index (κ2) is 9.32. The standard InChI is InChI=1S/C19H18Cl2N4O2S/c1-12-6-3-4-9-15(12)27-10-16-23-24-19(25(16)2)28-11-17(26)22-18-13(20)7-5-8-14(18)21/h3-9H,10-11H2,1-2H3,(H,22,26). The van der Waals surface area contributed by atoms with Gasteiger partial charge >= 0.3 is 0 Å². The Hall–Kier alpha value is -2.22. The minimum atomic E-state index is -0.235. The van der Waals surface area contributed by atoms with Gasteiger partial charge in [-0.3, -0.25) is 4.79 Å². The maximum atomic E-state index is 12.2. The molecule has 0 radical (unpaired) electrons. The molecule has 3 aromatic rings. The van der Waals surface area contributed by atoms with Crippen LogP contribution >= 0.6 is 35.0 Å². The molecule has 0 bridgehead atoms. The molecule has 0 atom stereocenters. The first-order valence-corrected chi connectivity index (χ1v) is 10.1. The molecule has 0 unspecified atom stereocenters. The minimum absolute atomic E-state index is 0.145. The SMILES string of the molecule is Cc1ccccc1OCc1nnc(SCC(=O)Nc2c(Cl)cccc2Cl)n1C. The Morgan fingerprint density at radius 2 is 1.86 bits per heavy atom. The Morgan fingerprint density at radius 1 is 1.14 bits per heavy atom. The van der Waals surface area contributed by atoms with Crippen molar-refractivity contribution < 1.29 is 9.53 Å². The van der Waals surface area contributed by atoms with Crippen LogP contribution in [0.25, 0.3) is 0 Å². The molecule has 1 heterocycles. The number of nitrogens with one attached hydrogen (secondary N) is 1. The highest BCUT2D eigenvalue weighted by Gasteiger charge is 2.14. The maximum absolute atomic E-state index is 12.2. The molecule has 1 amide bonds. The summed E-state index contributed by atoms with van der Waals surface area (Å²) >= 11 is 13.4. The Bertz CT molecular complexity index is 974. The number of rotatable bonds is 7. The first kappa shape index (κ1) is 20.5. The van der Waals surface area contributed by atoms with Crippen molar-refractivity contribution in [2.75, 3.05) is 11.1 Å². The first-order chi connectivity index (χ1) is 13.5. The van der Waals surface area contributed by atoms with Crippen LogP contribution in [0.3, 0.4) is 0 Å². The lowest BCUT2D eigenvalue weighted by molar-refractivity contribution is -0.113. The quantitative estimate of drug-likeness (QED) is 0.541. The molecule has 0 aliphatic carbocycles. The fourth-order valence-electron chi connectivity index (χ4n) is 2.38. The molecule has 0 aliphatic rings. The highest BCUT2D eigenvalue weighted by Crippen LogP contribution is 2.30. The van der Waals surface area contributed by atoms with Crippen molar-refractivity contribution in [3.8, 4) is 5.75 Å². The summed E-state index contributed by atoms with van der Waals surface area (Å²) in [6.07, 6.45) is 0. The van der Waals surface area contributed by atoms with Crippen LogP contribution in [0.1, 0.15) is 11.4 Å². The van der Waals surface area contributed by atoms with Crippen molar-refractivity contribution in [3.63, 3.8) is 0 Å². The molecule has 1 N–H and O–H groups in total. The fourth-order valence-corrected chi connectivity index (χ4v) is 3.60. The molecule has 6 nitrogen and oxygen atoms in total. The second-order valence-electron chi connectivity index (χ2n) is 5.95. The van der Waals surface area contributed by atoms with Crippen molar-refractivity contribution >= 4 is 46.6 Å². The predicted molar refractivity (Wildman–Crippen MR) is 112 cm³/mol. The molecule has 2 aromatic carbocycles. The number of benzene rings is 2. The number of aromatic nitrogens is 3. The number of carbonyl (C=O) groups is 1. The van der Waals surface area contributed by atoms with Crippen molar-refractivity contribution in [1.82, 2.24) is 14.8 Å². The smallest absolute Gasteiger partial charge is 0.234 e. The van der Waals surface area contributed by atoms with Crippen LogP contribution in [0.4, 0.5) is 5.69 Å². The number of hydrogen-bond donors (Lipinski definition) is 1. The fraction of sp³-hybridized carbons (Fsp3) is 0.211. The van der Waals surface area contributed by atoms with Crippen molar-refractivity contribution in [1.29, 1.82) is 0 Å². The van der Waals surface area contributed by atoms with E-state index in [1.165, 1.54) is 11.8 Å². The van der Waals surface area contributed by atoms with Crippen LogP contribution in [0.2, 0.25) is 10.0 Å². The molecular weight excluding hydrogens is 419 g/mol. The van der Waals surface area contributed by atoms with E-state index in [0.29, 0.717) is 26.7 Å². The number of nitrogens with zero attached hydrogens (tertiary/aromatic N) is 3. The number of anilines is 1. The molecule has 9 heteroatoms. The van der Waals surface area contributed by atoms with Crippen molar-refractivity contribution in [2.45, 2.75) is 18.7 Å². The molecule has 146 valence electrons. The van der Waals surface area contributed by atoms with Crippen LogP contribution in [0.15, 0.2) is 47.6 Å². The van der Waals surface area contributed by atoms with E-state index in [0.717, 1.165) is 11.3 Å². The Kier molecular flexibility index (Phi) is 6.83. The molecule has 3 rings (SSSR count). The molecule has 0 saturated carbocycles. The highest BCUT2D eigenvalue weighted by molar-refractivity contribution is 7.99. The highest BCUT2D eigenvalue weighted by atomic mass is 35.5. The van der Waals surface area contributed by atoms with Gasteiger partial charge in [0.15, 0.2) is 11.0 Å². The summed E-state index contributed by atoms with van der Waals surface area (Å²) < 4.78 is 7.61. The number of halogens is 2. The zero-order valence-corrected chi connectivity index (χ0v) is 17.6. The summed E-state index contributed by atoms with van der Waals surface area (Å²) in [5.41, 5.74) is 1.45. The lowest BCUT2D eigenvalue weighted by atomic mass is 10.2. The van der Waals surface area contributed by atoms with Crippen LogP contribution < -0.4 is 10.1 Å². The van der Waals surface area contributed by atoms with E-state index < -0.39 is 0 Å². The predicted octanol–water partition coefficient (Wildman–Crippen LogP) is 4.74. The van der Waals surface area contributed by atoms with E-state index >= 15 is 0 Å². The average Bonchev–Trinajstić information content (AvgIpc) is 3.02. The van der Waals surface area contributed by atoms with Crippen LogP contribution in [-0.4, -0.2) is 26.4 Å². The lowest BCUT2D eigenvalue weighted by Gasteiger charge is -2.09. The molecule has 0 aliphatic heterocycles. The number of amides is 1. The normalized spacial score (nSPS) is 10.7. The van der Waals surface area contributed by atoms with E-state index in [9.17, 15) is 4.79 Å². The Balaban J connectivity index is 1.57. The third-order valence-electron chi connectivity index (χ3n) is 3.93. The third-order valence-corrected chi connectivity index (χ3v) is 5.59. The Morgan fingerprint density at radius 3 is 2.57 bits per heavy atom. The number of thioether (sulfide) groups is 1. The molecule has 0 spiro atoms. The molecule has 28 heavy (non-hydrogen) atoms. The molecule has 1 aromatic heterocycles. The third kappa shape index (κ3) is 4.98.